The lowest BCUT2D eigenvalue weighted by atomic mass is 9.88. The van der Waals surface area contributed by atoms with Crippen LogP contribution in [-0.2, 0) is 24.8 Å². The molecule has 4 atom stereocenters. The van der Waals surface area contributed by atoms with Gasteiger partial charge < -0.3 is 34.6 Å². The Morgan fingerprint density at radius 1 is 1.11 bits per heavy atom. The second-order valence-electron chi connectivity index (χ2n) is 13.0. The Bertz CT molecular complexity index is 1620. The van der Waals surface area contributed by atoms with Gasteiger partial charge in [-0.05, 0) is 50.3 Å². The van der Waals surface area contributed by atoms with Gasteiger partial charge in [-0.15, -0.1) is 0 Å². The van der Waals surface area contributed by atoms with Crippen molar-refractivity contribution in [2.75, 3.05) is 57.9 Å². The van der Waals surface area contributed by atoms with E-state index in [0.717, 1.165) is 12.8 Å². The molecule has 1 spiro atoms. The van der Waals surface area contributed by atoms with Gasteiger partial charge in [-0.2, -0.15) is 4.31 Å². The molecule has 2 saturated heterocycles. The van der Waals surface area contributed by atoms with Crippen molar-refractivity contribution in [2.24, 2.45) is 0 Å². The van der Waals surface area contributed by atoms with E-state index in [9.17, 15) is 27.0 Å². The molecule has 1 aromatic carbocycles. The summed E-state index contributed by atoms with van der Waals surface area (Å²) in [6, 6.07) is 7.19. The van der Waals surface area contributed by atoms with E-state index in [2.05, 4.69) is 15.0 Å². The molecule has 3 fully saturated rings. The average Bonchev–Trinajstić information content (AvgIpc) is 3.46. The van der Waals surface area contributed by atoms with Crippen LogP contribution in [0.25, 0.3) is 0 Å². The normalized spacial score (nSPS) is 25.7. The molecule has 16 heteroatoms. The second-order valence-corrected chi connectivity index (χ2v) is 16.6. The van der Waals surface area contributed by atoms with Crippen molar-refractivity contribution >= 4 is 25.7 Å². The number of likely N-dealkylation sites (N-methyl/N-ethyl adjacent to an activating group) is 1. The zero-order chi connectivity index (χ0) is 33.2. The molecule has 4 N–H and O–H groups in total. The van der Waals surface area contributed by atoms with Gasteiger partial charge in [-0.1, -0.05) is 18.9 Å². The van der Waals surface area contributed by atoms with E-state index in [4.69, 9.17) is 14.2 Å². The Morgan fingerprint density at radius 3 is 2.68 bits per heavy atom. The Morgan fingerprint density at radius 2 is 1.89 bits per heavy atom. The summed E-state index contributed by atoms with van der Waals surface area (Å²) in [7, 11) is -5.69. The van der Waals surface area contributed by atoms with Gasteiger partial charge in [-0.25, -0.2) is 26.5 Å². The number of nitrogens with zero attached hydrogens (tertiary/aromatic N) is 3. The van der Waals surface area contributed by atoms with Gasteiger partial charge in [0.25, 0.3) is 0 Å². The van der Waals surface area contributed by atoms with Crippen molar-refractivity contribution in [3.63, 3.8) is 0 Å². The third-order valence-electron chi connectivity index (χ3n) is 9.60. The highest BCUT2D eigenvalue weighted by atomic mass is 32.2. The molecule has 1 aliphatic carbocycles. The van der Waals surface area contributed by atoms with Crippen LogP contribution in [0, 0.1) is 0 Å². The van der Waals surface area contributed by atoms with Crippen molar-refractivity contribution in [3.8, 4) is 11.6 Å². The number of hydrogen-bond donors (Lipinski definition) is 4. The number of ether oxygens (including phenoxy) is 3. The number of hydrogen-bond acceptors (Lipinski definition) is 12. The topological polar surface area (TPSA) is 180 Å². The summed E-state index contributed by atoms with van der Waals surface area (Å²) in [5.74, 6) is 0.752. The predicted molar refractivity (Wildman–Crippen MR) is 173 cm³/mol. The first-order valence-corrected chi connectivity index (χ1v) is 19.2. The van der Waals surface area contributed by atoms with Gasteiger partial charge in [0.1, 0.15) is 35.7 Å². The molecule has 14 nitrogen and oxygen atoms in total. The van der Waals surface area contributed by atoms with Crippen LogP contribution in [0.2, 0.25) is 0 Å². The Balaban J connectivity index is 0.952. The van der Waals surface area contributed by atoms with Crippen LogP contribution in [0.15, 0.2) is 46.3 Å². The fraction of sp³-hybridized carbons (Fsp3) is 0.645. The quantitative estimate of drug-likeness (QED) is 0.261. The van der Waals surface area contributed by atoms with Crippen LogP contribution in [0.4, 0.5) is 5.69 Å². The minimum atomic E-state index is -3.84. The summed E-state index contributed by atoms with van der Waals surface area (Å²) >= 11 is 0. The lowest BCUT2D eigenvalue weighted by Crippen LogP contribution is -2.47. The van der Waals surface area contributed by atoms with E-state index in [-0.39, 0.29) is 29.0 Å². The first kappa shape index (κ1) is 34.3. The molecule has 3 aliphatic heterocycles. The van der Waals surface area contributed by atoms with E-state index >= 15 is 0 Å². The fourth-order valence-electron chi connectivity index (χ4n) is 6.76. The highest BCUT2D eigenvalue weighted by Gasteiger charge is 2.45. The maximum atomic E-state index is 13.4. The van der Waals surface area contributed by atoms with Crippen molar-refractivity contribution in [2.45, 2.75) is 84.6 Å². The highest BCUT2D eigenvalue weighted by molar-refractivity contribution is 7.89. The van der Waals surface area contributed by atoms with Crippen molar-refractivity contribution in [1.82, 2.24) is 19.3 Å². The number of anilines is 1. The maximum Gasteiger partial charge on any atom is 0.244 e. The minimum absolute atomic E-state index is 0.0112. The smallest absolute Gasteiger partial charge is 0.244 e. The molecule has 6 rings (SSSR count). The summed E-state index contributed by atoms with van der Waals surface area (Å²) in [5.41, 5.74) is 0.234. The lowest BCUT2D eigenvalue weighted by molar-refractivity contribution is -0.0312. The van der Waals surface area contributed by atoms with Crippen LogP contribution >= 0.6 is 0 Å². The van der Waals surface area contributed by atoms with Crippen LogP contribution in [-0.4, -0.2) is 119 Å². The Labute approximate surface area is 276 Å². The number of sulfonamides is 2. The SMILES string of the molecule is CN1CCOc2ncc(S(=O)(=O)N3CCC4(CC3)CC(NC[C@H](O)COc3cccc(S(=O)(=O)N[C@@H]5CCCC[C@@H]5O)c3)CO4)cc21. The van der Waals surface area contributed by atoms with Crippen LogP contribution < -0.4 is 24.4 Å². The van der Waals surface area contributed by atoms with E-state index in [1.165, 1.54) is 22.6 Å². The van der Waals surface area contributed by atoms with Gasteiger partial charge in [-0.3, -0.25) is 0 Å². The molecule has 2 aromatic rings. The van der Waals surface area contributed by atoms with Gasteiger partial charge in [0, 0.05) is 44.8 Å². The van der Waals surface area contributed by atoms with Gasteiger partial charge in [0.05, 0.1) is 35.9 Å². The van der Waals surface area contributed by atoms with E-state index in [1.54, 1.807) is 18.2 Å². The molecular weight excluding hydrogens is 651 g/mol. The van der Waals surface area contributed by atoms with Crippen LogP contribution in [0.5, 0.6) is 11.6 Å². The molecule has 1 saturated carbocycles. The molecule has 4 heterocycles. The van der Waals surface area contributed by atoms with Gasteiger partial charge in [0.15, 0.2) is 0 Å². The number of pyridine rings is 1. The summed E-state index contributed by atoms with van der Waals surface area (Å²) in [6.45, 7) is 2.48. The molecule has 0 amide bonds. The molecule has 0 bridgehead atoms. The molecular formula is C31H45N5O9S2. The number of aliphatic hydroxyl groups excluding tert-OH is 2. The van der Waals surface area contributed by atoms with E-state index < -0.39 is 43.9 Å². The van der Waals surface area contributed by atoms with E-state index in [0.29, 0.717) is 82.3 Å². The second kappa shape index (κ2) is 14.1. The zero-order valence-electron chi connectivity index (χ0n) is 26.6. The van der Waals surface area contributed by atoms with Gasteiger partial charge >= 0.3 is 0 Å². The van der Waals surface area contributed by atoms with E-state index in [1.807, 2.05) is 11.9 Å². The molecule has 260 valence electrons. The standard InChI is InChI=1S/C31H45N5O9S2/c1-35-13-14-43-30-28(35)16-26(19-33-30)47(41,42)36-11-9-31(10-12-36)17-22(20-45-31)32-18-23(37)21-44-24-5-4-6-25(15-24)46(39,40)34-27-7-2-3-8-29(27)38/h4-6,15-16,19,22-23,27,29,32,34,37-38H,2-3,7-14,17-18,20-21H2,1H3/t22?,23-,27+,29-/m0/s1. The first-order valence-electron chi connectivity index (χ1n) is 16.3. The zero-order valence-corrected chi connectivity index (χ0v) is 28.2. The number of nitrogens with one attached hydrogen (secondary N) is 2. The Hall–Kier alpha value is -2.57. The molecule has 4 aliphatic rings. The van der Waals surface area contributed by atoms with Crippen molar-refractivity contribution in [3.05, 3.63) is 36.5 Å². The number of aliphatic hydroxyl groups is 2. The summed E-state index contributed by atoms with van der Waals surface area (Å²) in [4.78, 5) is 6.37. The lowest BCUT2D eigenvalue weighted by Gasteiger charge is -2.38. The van der Waals surface area contributed by atoms with Crippen LogP contribution in [0.3, 0.4) is 0 Å². The highest BCUT2D eigenvalue weighted by Crippen LogP contribution is 2.38. The monoisotopic (exact) mass is 695 g/mol. The third-order valence-corrected chi connectivity index (χ3v) is 13.0. The molecule has 47 heavy (non-hydrogen) atoms. The number of aromatic nitrogens is 1. The van der Waals surface area contributed by atoms with Crippen molar-refractivity contribution in [1.29, 1.82) is 0 Å². The summed E-state index contributed by atoms with van der Waals surface area (Å²) < 4.78 is 74.3. The number of piperidine rings is 1. The Kier molecular flexibility index (Phi) is 10.3. The fourth-order valence-corrected chi connectivity index (χ4v) is 9.50. The molecule has 1 aromatic heterocycles. The van der Waals surface area contributed by atoms with Crippen molar-refractivity contribution < 1.29 is 41.3 Å². The minimum Gasteiger partial charge on any atom is -0.491 e. The molecule has 0 radical (unpaired) electrons. The maximum absolute atomic E-state index is 13.4. The van der Waals surface area contributed by atoms with Gasteiger partial charge in [0.2, 0.25) is 25.9 Å². The number of benzene rings is 1. The predicted octanol–water partition coefficient (Wildman–Crippen LogP) is 0.834. The first-order chi connectivity index (χ1) is 22.4. The number of fused-ring (bicyclic) bond motifs is 1. The average molecular weight is 696 g/mol. The summed E-state index contributed by atoms with van der Waals surface area (Å²) in [5, 5.41) is 24.1. The third kappa shape index (κ3) is 7.85. The van der Waals surface area contributed by atoms with Crippen LogP contribution in [0.1, 0.15) is 44.9 Å². The largest absolute Gasteiger partial charge is 0.491 e. The summed E-state index contributed by atoms with van der Waals surface area (Å²) in [6.07, 6.45) is 4.52. The number of rotatable bonds is 11. The molecule has 1 unspecified atom stereocenters.